The number of rotatable bonds is 7. The monoisotopic (exact) mass is 411 g/mol. The topological polar surface area (TPSA) is 98.2 Å². The second-order valence-electron chi connectivity index (χ2n) is 6.14. The lowest BCUT2D eigenvalue weighted by molar-refractivity contribution is 0.00707. The molecule has 0 aliphatic rings. The number of carbonyl (C=O) groups excluding carboxylic acids is 1. The molecule has 7 nitrogen and oxygen atoms in total. The molecule has 0 aliphatic heterocycles. The van der Waals surface area contributed by atoms with Gasteiger partial charge in [0.1, 0.15) is 11.3 Å². The van der Waals surface area contributed by atoms with Crippen LogP contribution in [0.25, 0.3) is 0 Å². The average Bonchev–Trinajstić information content (AvgIpc) is 2.59. The standard InChI is InChI=1S/C18H19F2N3O4S/c1-12(9-10-28(3,25)26)22-15(24)14-11-21-17(18(2,19)20)23-16(14)27-13-7-5-4-6-8-13/h4-12H,1-3H3,(H,22,24). The zero-order valence-corrected chi connectivity index (χ0v) is 16.2. The number of para-hydroxylation sites is 1. The number of nitrogens with one attached hydrogen (secondary N) is 1. The van der Waals surface area contributed by atoms with E-state index in [0.717, 1.165) is 17.9 Å². The molecular formula is C18H19F2N3O4S. The van der Waals surface area contributed by atoms with Gasteiger partial charge in [-0.3, -0.25) is 4.79 Å². The van der Waals surface area contributed by atoms with Crippen LogP contribution in [0.5, 0.6) is 11.6 Å². The Kier molecular flexibility index (Phi) is 6.45. The molecule has 0 saturated carbocycles. The number of amides is 1. The Labute approximate surface area is 161 Å². The van der Waals surface area contributed by atoms with Gasteiger partial charge < -0.3 is 10.1 Å². The quantitative estimate of drug-likeness (QED) is 0.752. The fourth-order valence-electron chi connectivity index (χ4n) is 2.00. The summed E-state index contributed by atoms with van der Waals surface area (Å²) in [5.74, 6) is -4.86. The lowest BCUT2D eigenvalue weighted by atomic mass is 10.2. The first-order valence-electron chi connectivity index (χ1n) is 8.13. The highest BCUT2D eigenvalue weighted by atomic mass is 32.2. The molecule has 1 aromatic carbocycles. The van der Waals surface area contributed by atoms with Gasteiger partial charge in [0.05, 0.1) is 0 Å². The molecule has 0 aliphatic carbocycles. The fourth-order valence-corrected chi connectivity index (χ4v) is 2.53. The first-order chi connectivity index (χ1) is 13.0. The fraction of sp³-hybridized carbons (Fsp3) is 0.278. The SMILES string of the molecule is CC(C=CS(C)(=O)=O)NC(=O)c1cnc(C(C)(F)F)nc1Oc1ccccc1. The summed E-state index contributed by atoms with van der Waals surface area (Å²) in [6.45, 7) is 2.18. The maximum atomic E-state index is 13.6. The number of carbonyl (C=O) groups is 1. The molecule has 2 aromatic rings. The number of alkyl halides is 2. The first kappa shape index (κ1) is 21.4. The highest BCUT2D eigenvalue weighted by Crippen LogP contribution is 2.28. The van der Waals surface area contributed by atoms with E-state index in [0.29, 0.717) is 12.7 Å². The van der Waals surface area contributed by atoms with Crippen LogP contribution in [0, 0.1) is 0 Å². The molecule has 28 heavy (non-hydrogen) atoms. The predicted molar refractivity (Wildman–Crippen MR) is 99.0 cm³/mol. The van der Waals surface area contributed by atoms with Crippen LogP contribution in [-0.2, 0) is 15.8 Å². The maximum Gasteiger partial charge on any atom is 0.303 e. The van der Waals surface area contributed by atoms with Crippen LogP contribution >= 0.6 is 0 Å². The van der Waals surface area contributed by atoms with Crippen molar-refractivity contribution in [2.45, 2.75) is 25.8 Å². The van der Waals surface area contributed by atoms with Gasteiger partial charge in [0.2, 0.25) is 11.7 Å². The van der Waals surface area contributed by atoms with Crippen molar-refractivity contribution in [2.24, 2.45) is 0 Å². The molecule has 0 saturated heterocycles. The summed E-state index contributed by atoms with van der Waals surface area (Å²) < 4.78 is 55.0. The number of sulfone groups is 1. The van der Waals surface area contributed by atoms with Crippen molar-refractivity contribution in [3.8, 4) is 11.6 Å². The Bertz CT molecular complexity index is 974. The highest BCUT2D eigenvalue weighted by molar-refractivity contribution is 7.93. The maximum absolute atomic E-state index is 13.6. The first-order valence-corrected chi connectivity index (χ1v) is 10.1. The number of benzene rings is 1. The van der Waals surface area contributed by atoms with Crippen LogP contribution in [-0.4, -0.2) is 36.6 Å². The van der Waals surface area contributed by atoms with E-state index in [4.69, 9.17) is 4.74 Å². The molecule has 2 rings (SSSR count). The Hall–Kier alpha value is -2.88. The molecule has 1 N–H and O–H groups in total. The number of hydrogen-bond donors (Lipinski definition) is 1. The summed E-state index contributed by atoms with van der Waals surface area (Å²) in [4.78, 5) is 19.8. The van der Waals surface area contributed by atoms with Gasteiger partial charge in [-0.2, -0.15) is 13.8 Å². The van der Waals surface area contributed by atoms with Gasteiger partial charge in [-0.1, -0.05) is 24.3 Å². The van der Waals surface area contributed by atoms with Gasteiger partial charge in [0, 0.05) is 30.8 Å². The van der Waals surface area contributed by atoms with Crippen LogP contribution in [0.15, 0.2) is 48.0 Å². The van der Waals surface area contributed by atoms with E-state index in [1.807, 2.05) is 0 Å². The molecule has 0 fully saturated rings. The van der Waals surface area contributed by atoms with Crippen LogP contribution in [0.4, 0.5) is 8.78 Å². The van der Waals surface area contributed by atoms with Crippen LogP contribution in [0.1, 0.15) is 30.0 Å². The zero-order chi connectivity index (χ0) is 20.9. The van der Waals surface area contributed by atoms with E-state index in [2.05, 4.69) is 15.3 Å². The van der Waals surface area contributed by atoms with Crippen molar-refractivity contribution in [2.75, 3.05) is 6.26 Å². The Balaban J connectivity index is 2.33. The van der Waals surface area contributed by atoms with E-state index in [1.54, 1.807) is 37.3 Å². The van der Waals surface area contributed by atoms with Gasteiger partial charge >= 0.3 is 5.92 Å². The summed E-state index contributed by atoms with van der Waals surface area (Å²) in [7, 11) is -3.36. The highest BCUT2D eigenvalue weighted by Gasteiger charge is 2.30. The number of hydrogen-bond acceptors (Lipinski definition) is 6. The number of aromatic nitrogens is 2. The van der Waals surface area contributed by atoms with Crippen LogP contribution in [0.2, 0.25) is 0 Å². The predicted octanol–water partition coefficient (Wildman–Crippen LogP) is 3.06. The summed E-state index contributed by atoms with van der Waals surface area (Å²) >= 11 is 0. The summed E-state index contributed by atoms with van der Waals surface area (Å²) in [6, 6.07) is 7.57. The third-order valence-electron chi connectivity index (χ3n) is 3.32. The van der Waals surface area contributed by atoms with Crippen molar-refractivity contribution >= 4 is 15.7 Å². The molecule has 150 valence electrons. The Morgan fingerprint density at radius 1 is 1.29 bits per heavy atom. The van der Waals surface area contributed by atoms with E-state index < -0.39 is 33.5 Å². The summed E-state index contributed by atoms with van der Waals surface area (Å²) in [6.07, 6.45) is 3.24. The van der Waals surface area contributed by atoms with Crippen LogP contribution in [0.3, 0.4) is 0 Å². The van der Waals surface area contributed by atoms with Crippen molar-refractivity contribution in [3.63, 3.8) is 0 Å². The van der Waals surface area contributed by atoms with Crippen molar-refractivity contribution in [3.05, 3.63) is 59.4 Å². The van der Waals surface area contributed by atoms with E-state index >= 15 is 0 Å². The normalized spacial score (nSPS) is 13.3. The van der Waals surface area contributed by atoms with Crippen molar-refractivity contribution in [1.29, 1.82) is 0 Å². The molecule has 1 aromatic heterocycles. The lowest BCUT2D eigenvalue weighted by Crippen LogP contribution is -2.32. The van der Waals surface area contributed by atoms with Crippen molar-refractivity contribution in [1.82, 2.24) is 15.3 Å². The average molecular weight is 411 g/mol. The van der Waals surface area contributed by atoms with Gasteiger partial charge in [0.25, 0.3) is 5.91 Å². The minimum Gasteiger partial charge on any atom is -0.438 e. The van der Waals surface area contributed by atoms with Crippen LogP contribution < -0.4 is 10.1 Å². The lowest BCUT2D eigenvalue weighted by Gasteiger charge is -2.15. The summed E-state index contributed by atoms with van der Waals surface area (Å²) in [5, 5.41) is 3.47. The molecule has 10 heteroatoms. The van der Waals surface area contributed by atoms with Crippen molar-refractivity contribution < 1.29 is 26.7 Å². The van der Waals surface area contributed by atoms with E-state index in [-0.39, 0.29) is 11.4 Å². The third kappa shape index (κ3) is 6.38. The largest absolute Gasteiger partial charge is 0.438 e. The molecular weight excluding hydrogens is 392 g/mol. The summed E-state index contributed by atoms with van der Waals surface area (Å²) in [5.41, 5.74) is -0.170. The number of halogens is 2. The molecule has 1 heterocycles. The molecule has 0 spiro atoms. The second-order valence-corrected chi connectivity index (χ2v) is 8.07. The number of ether oxygens (including phenoxy) is 1. The smallest absolute Gasteiger partial charge is 0.303 e. The van der Waals surface area contributed by atoms with Gasteiger partial charge in [0.15, 0.2) is 9.84 Å². The second kappa shape index (κ2) is 8.42. The van der Waals surface area contributed by atoms with E-state index in [1.165, 1.54) is 6.08 Å². The van der Waals surface area contributed by atoms with Gasteiger partial charge in [-0.25, -0.2) is 13.4 Å². The Morgan fingerprint density at radius 3 is 2.50 bits per heavy atom. The molecule has 0 radical (unpaired) electrons. The van der Waals surface area contributed by atoms with E-state index in [9.17, 15) is 22.0 Å². The molecule has 0 bridgehead atoms. The minimum absolute atomic E-state index is 0.170. The minimum atomic E-state index is -3.36. The molecule has 1 unspecified atom stereocenters. The number of nitrogens with zero attached hydrogens (tertiary/aromatic N) is 2. The third-order valence-corrected chi connectivity index (χ3v) is 3.97. The molecule has 1 atom stereocenters. The molecule has 1 amide bonds. The van der Waals surface area contributed by atoms with Gasteiger partial charge in [-0.05, 0) is 19.1 Å². The zero-order valence-electron chi connectivity index (χ0n) is 15.4. The Morgan fingerprint density at radius 2 is 1.93 bits per heavy atom. The van der Waals surface area contributed by atoms with Gasteiger partial charge in [-0.15, -0.1) is 0 Å².